The number of nitrogens with zero attached hydrogens (tertiary/aromatic N) is 1. The molecule has 2 N–H and O–H groups in total. The van der Waals surface area contributed by atoms with E-state index in [2.05, 4.69) is 14.7 Å². The monoisotopic (exact) mass is 313 g/mol. The van der Waals surface area contributed by atoms with Gasteiger partial charge in [-0.05, 0) is 32.9 Å². The molecule has 2 heterocycles. The lowest BCUT2D eigenvalue weighted by Gasteiger charge is -2.19. The summed E-state index contributed by atoms with van der Waals surface area (Å²) >= 11 is 4.70. The highest BCUT2D eigenvalue weighted by atomic mass is 35.5. The van der Waals surface area contributed by atoms with Gasteiger partial charge in [-0.3, -0.25) is 4.79 Å². The zero-order valence-corrected chi connectivity index (χ0v) is 13.0. The number of rotatable bonds is 4. The smallest absolute Gasteiger partial charge is 0.254 e. The first kappa shape index (κ1) is 15.3. The Bertz CT molecular complexity index is 674. The van der Waals surface area contributed by atoms with Crippen molar-refractivity contribution in [2.45, 2.75) is 32.1 Å². The minimum absolute atomic E-state index is 0.0203. The molecule has 20 heavy (non-hydrogen) atoms. The fourth-order valence-corrected chi connectivity index (χ4v) is 2.69. The minimum Gasteiger partial charge on any atom is -0.598 e. The van der Waals surface area contributed by atoms with Crippen molar-refractivity contribution >= 4 is 34.0 Å². The van der Waals surface area contributed by atoms with E-state index in [1.54, 1.807) is 19.1 Å². The summed E-state index contributed by atoms with van der Waals surface area (Å²) in [5, 5.41) is 1.23. The zero-order valence-electron chi connectivity index (χ0n) is 11.4. The molecule has 0 amide bonds. The van der Waals surface area contributed by atoms with Gasteiger partial charge in [0.15, 0.2) is 0 Å². The highest BCUT2D eigenvalue weighted by Gasteiger charge is 2.19. The molecule has 0 aliphatic carbocycles. The van der Waals surface area contributed by atoms with E-state index in [0.717, 1.165) is 5.39 Å². The van der Waals surface area contributed by atoms with Gasteiger partial charge in [0.25, 0.3) is 5.56 Å². The van der Waals surface area contributed by atoms with Gasteiger partial charge in [-0.2, -0.15) is 0 Å². The number of hydrogen-bond acceptors (Lipinski definition) is 4. The van der Waals surface area contributed by atoms with E-state index < -0.39 is 11.4 Å². The van der Waals surface area contributed by atoms with Crippen LogP contribution in [0.4, 0.5) is 0 Å². The number of H-pyrrole nitrogens is 1. The van der Waals surface area contributed by atoms with Gasteiger partial charge in [0, 0.05) is 28.5 Å². The second-order valence-corrected chi connectivity index (χ2v) is 7.04. The molecule has 7 heteroatoms. The maximum atomic E-state index is 12.0. The molecule has 2 rings (SSSR count). The Balaban J connectivity index is 2.38. The first-order valence-electron chi connectivity index (χ1n) is 6.23. The third-order valence-electron chi connectivity index (χ3n) is 2.88. The first-order valence-corrected chi connectivity index (χ1v) is 7.83. The fourth-order valence-electron chi connectivity index (χ4n) is 1.78. The number of nitrogens with one attached hydrogen (secondary N) is 2. The fraction of sp³-hybridized carbons (Fsp3) is 0.385. The van der Waals surface area contributed by atoms with Crippen molar-refractivity contribution in [1.29, 1.82) is 0 Å². The lowest BCUT2D eigenvalue weighted by atomic mass is 10.1. The normalized spacial score (nSPS) is 14.7. The SMILES string of the molecule is CC(C)[S@@+]([O-])N[C@@H](C)c1cc2cc(Cl)cnc2[nH]c1=O. The summed E-state index contributed by atoms with van der Waals surface area (Å²) in [5.41, 5.74) is 0.754. The van der Waals surface area contributed by atoms with E-state index in [1.165, 1.54) is 6.20 Å². The number of pyridine rings is 2. The summed E-state index contributed by atoms with van der Waals surface area (Å²) < 4.78 is 14.7. The summed E-state index contributed by atoms with van der Waals surface area (Å²) in [6, 6.07) is 3.13. The predicted molar refractivity (Wildman–Crippen MR) is 82.2 cm³/mol. The molecular formula is C13H16ClN3O2S. The molecular weight excluding hydrogens is 298 g/mol. The Morgan fingerprint density at radius 2 is 2.10 bits per heavy atom. The first-order chi connectivity index (χ1) is 9.38. The van der Waals surface area contributed by atoms with Crippen molar-refractivity contribution in [2.24, 2.45) is 0 Å². The van der Waals surface area contributed by atoms with E-state index >= 15 is 0 Å². The van der Waals surface area contributed by atoms with Crippen molar-refractivity contribution in [3.63, 3.8) is 0 Å². The topological polar surface area (TPSA) is 80.8 Å². The van der Waals surface area contributed by atoms with E-state index in [-0.39, 0.29) is 16.9 Å². The van der Waals surface area contributed by atoms with Crippen molar-refractivity contribution in [3.05, 3.63) is 39.3 Å². The molecule has 108 valence electrons. The molecule has 0 unspecified atom stereocenters. The third-order valence-corrected chi connectivity index (χ3v) is 4.53. The lowest BCUT2D eigenvalue weighted by molar-refractivity contribution is 0.556. The summed E-state index contributed by atoms with van der Waals surface area (Å²) in [6.45, 7) is 5.50. The molecule has 0 fully saturated rings. The zero-order chi connectivity index (χ0) is 14.9. The van der Waals surface area contributed by atoms with Crippen molar-refractivity contribution < 1.29 is 4.55 Å². The average Bonchev–Trinajstić information content (AvgIpc) is 2.38. The summed E-state index contributed by atoms with van der Waals surface area (Å²) in [5.74, 6) is 0. The van der Waals surface area contributed by atoms with Gasteiger partial charge in [-0.1, -0.05) is 11.6 Å². The number of aromatic nitrogens is 2. The summed E-state index contributed by atoms with van der Waals surface area (Å²) in [7, 11) is 0. The molecule has 5 nitrogen and oxygen atoms in total. The van der Waals surface area contributed by atoms with Gasteiger partial charge >= 0.3 is 0 Å². The van der Waals surface area contributed by atoms with Crippen molar-refractivity contribution in [2.75, 3.05) is 0 Å². The van der Waals surface area contributed by atoms with Crippen LogP contribution in [0.2, 0.25) is 5.02 Å². The highest BCUT2D eigenvalue weighted by Crippen LogP contribution is 2.18. The standard InChI is InChI=1S/C13H16ClN3O2S/c1-7(2)20(19)17-8(3)11-5-9-4-10(14)6-15-12(9)16-13(11)18/h4-8,17H,1-3H3,(H,15,16,18)/t8-,20+/m0/s1. The van der Waals surface area contributed by atoms with Crippen LogP contribution in [0, 0.1) is 0 Å². The number of hydrogen-bond donors (Lipinski definition) is 2. The number of aromatic amines is 1. The maximum Gasteiger partial charge on any atom is 0.254 e. The average molecular weight is 314 g/mol. The molecule has 0 spiro atoms. The van der Waals surface area contributed by atoms with E-state index in [4.69, 9.17) is 11.6 Å². The second-order valence-electron chi connectivity index (χ2n) is 4.83. The lowest BCUT2D eigenvalue weighted by Crippen LogP contribution is -2.35. The molecule has 2 aromatic rings. The van der Waals surface area contributed by atoms with Gasteiger partial charge < -0.3 is 9.54 Å². The van der Waals surface area contributed by atoms with Gasteiger partial charge in [0.05, 0.1) is 11.1 Å². The van der Waals surface area contributed by atoms with Crippen LogP contribution in [0.15, 0.2) is 23.1 Å². The Kier molecular flexibility index (Phi) is 4.70. The summed E-state index contributed by atoms with van der Waals surface area (Å²) in [6.07, 6.45) is 1.48. The van der Waals surface area contributed by atoms with Crippen molar-refractivity contribution in [1.82, 2.24) is 14.7 Å². The number of halogens is 1. The highest BCUT2D eigenvalue weighted by molar-refractivity contribution is 7.90. The van der Waals surface area contributed by atoms with Gasteiger partial charge in [0.2, 0.25) is 0 Å². The molecule has 0 aliphatic heterocycles. The Labute approximate surface area is 125 Å². The van der Waals surface area contributed by atoms with Gasteiger partial charge in [0.1, 0.15) is 10.9 Å². The van der Waals surface area contributed by atoms with Crippen LogP contribution < -0.4 is 10.3 Å². The van der Waals surface area contributed by atoms with Crippen LogP contribution >= 0.6 is 11.6 Å². The van der Waals surface area contributed by atoms with Gasteiger partial charge in [-0.15, -0.1) is 4.72 Å². The number of fused-ring (bicyclic) bond motifs is 1. The summed E-state index contributed by atoms with van der Waals surface area (Å²) in [4.78, 5) is 18.8. The molecule has 2 atom stereocenters. The Morgan fingerprint density at radius 1 is 1.40 bits per heavy atom. The maximum absolute atomic E-state index is 12.0. The quantitative estimate of drug-likeness (QED) is 0.849. The second kappa shape index (κ2) is 6.13. The molecule has 0 saturated heterocycles. The third kappa shape index (κ3) is 3.32. The van der Waals surface area contributed by atoms with E-state index in [9.17, 15) is 9.35 Å². The van der Waals surface area contributed by atoms with Crippen LogP contribution in [0.1, 0.15) is 32.4 Å². The van der Waals surface area contributed by atoms with Crippen LogP contribution in [-0.2, 0) is 11.4 Å². The Hall–Kier alpha value is -1.08. The van der Waals surface area contributed by atoms with E-state index in [0.29, 0.717) is 16.2 Å². The largest absolute Gasteiger partial charge is 0.598 e. The predicted octanol–water partition coefficient (Wildman–Crippen LogP) is 2.30. The van der Waals surface area contributed by atoms with Crippen LogP contribution in [-0.4, -0.2) is 19.8 Å². The van der Waals surface area contributed by atoms with Crippen molar-refractivity contribution in [3.8, 4) is 0 Å². The van der Waals surface area contributed by atoms with Crippen LogP contribution in [0.25, 0.3) is 11.0 Å². The molecule has 0 saturated carbocycles. The molecule has 0 aromatic carbocycles. The molecule has 2 aromatic heterocycles. The van der Waals surface area contributed by atoms with Crippen LogP contribution in [0.3, 0.4) is 0 Å². The van der Waals surface area contributed by atoms with E-state index in [1.807, 2.05) is 13.8 Å². The molecule has 0 bridgehead atoms. The minimum atomic E-state index is -1.19. The molecule has 0 radical (unpaired) electrons. The van der Waals surface area contributed by atoms with Gasteiger partial charge in [-0.25, -0.2) is 4.98 Å². The van der Waals surface area contributed by atoms with Crippen LogP contribution in [0.5, 0.6) is 0 Å². The molecule has 0 aliphatic rings. The Morgan fingerprint density at radius 3 is 2.75 bits per heavy atom.